The molecule has 0 fully saturated rings. The molecule has 5 nitrogen and oxygen atoms in total. The van der Waals surface area contributed by atoms with E-state index >= 15 is 0 Å². The zero-order valence-electron chi connectivity index (χ0n) is 12.9. The third kappa shape index (κ3) is 3.12. The molecular formula is C17H19N5S. The minimum Gasteiger partial charge on any atom is -0.354 e. The summed E-state index contributed by atoms with van der Waals surface area (Å²) in [6.45, 7) is 1.71. The van der Waals surface area contributed by atoms with E-state index in [0.717, 1.165) is 41.0 Å². The summed E-state index contributed by atoms with van der Waals surface area (Å²) in [6.07, 6.45) is 4.76. The molecule has 1 aliphatic heterocycles. The molecule has 1 aromatic carbocycles. The Morgan fingerprint density at radius 1 is 1.09 bits per heavy atom. The van der Waals surface area contributed by atoms with Gasteiger partial charge in [-0.2, -0.15) is 0 Å². The summed E-state index contributed by atoms with van der Waals surface area (Å²) in [5, 5.41) is 15.1. The first-order valence-electron chi connectivity index (χ1n) is 8.06. The second-order valence-corrected chi connectivity index (χ2v) is 6.61. The highest BCUT2D eigenvalue weighted by Gasteiger charge is 2.14. The van der Waals surface area contributed by atoms with Crippen LogP contribution in [-0.4, -0.2) is 19.7 Å². The van der Waals surface area contributed by atoms with Crippen LogP contribution in [0.4, 0.5) is 5.13 Å². The summed E-state index contributed by atoms with van der Waals surface area (Å²) in [6, 6.07) is 10.3. The smallest absolute Gasteiger partial charge is 0.183 e. The van der Waals surface area contributed by atoms with Crippen LogP contribution in [0.3, 0.4) is 0 Å². The van der Waals surface area contributed by atoms with E-state index < -0.39 is 0 Å². The van der Waals surface area contributed by atoms with Crippen molar-refractivity contribution in [3.8, 4) is 11.3 Å². The molecule has 6 heteroatoms. The summed E-state index contributed by atoms with van der Waals surface area (Å²) >= 11 is 1.63. The van der Waals surface area contributed by atoms with Gasteiger partial charge in [0.05, 0.1) is 12.2 Å². The first-order valence-corrected chi connectivity index (χ1v) is 8.94. The summed E-state index contributed by atoms with van der Waals surface area (Å²) in [5.74, 6) is 2.14. The molecule has 1 aliphatic rings. The summed E-state index contributed by atoms with van der Waals surface area (Å²) in [7, 11) is 0. The molecule has 0 atom stereocenters. The molecule has 0 radical (unpaired) electrons. The van der Waals surface area contributed by atoms with Crippen LogP contribution in [0.5, 0.6) is 0 Å². The van der Waals surface area contributed by atoms with Crippen LogP contribution in [0.2, 0.25) is 0 Å². The zero-order valence-corrected chi connectivity index (χ0v) is 13.7. The van der Waals surface area contributed by atoms with Crippen molar-refractivity contribution in [1.29, 1.82) is 0 Å². The highest BCUT2D eigenvalue weighted by Crippen LogP contribution is 2.25. The lowest BCUT2D eigenvalue weighted by Crippen LogP contribution is -2.10. The Bertz CT molecular complexity index is 777. The van der Waals surface area contributed by atoms with E-state index in [4.69, 9.17) is 0 Å². The van der Waals surface area contributed by atoms with Crippen LogP contribution in [0.25, 0.3) is 11.3 Å². The molecule has 4 rings (SSSR count). The molecule has 0 amide bonds. The molecule has 0 aliphatic carbocycles. The van der Waals surface area contributed by atoms with E-state index in [9.17, 15) is 0 Å². The first kappa shape index (κ1) is 14.4. The minimum absolute atomic E-state index is 0.675. The molecule has 1 N–H and O–H groups in total. The van der Waals surface area contributed by atoms with Crippen LogP contribution >= 0.6 is 11.3 Å². The Kier molecular flexibility index (Phi) is 4.06. The number of thiazole rings is 1. The molecule has 118 valence electrons. The topological polar surface area (TPSA) is 55.6 Å². The van der Waals surface area contributed by atoms with Gasteiger partial charge in [-0.05, 0) is 12.8 Å². The number of rotatable bonds is 4. The van der Waals surface area contributed by atoms with Crippen molar-refractivity contribution in [2.24, 2.45) is 0 Å². The van der Waals surface area contributed by atoms with Crippen molar-refractivity contribution in [1.82, 2.24) is 19.7 Å². The van der Waals surface area contributed by atoms with Crippen LogP contribution in [0, 0.1) is 0 Å². The number of benzene rings is 1. The number of hydrogen-bond acceptors (Lipinski definition) is 5. The van der Waals surface area contributed by atoms with Gasteiger partial charge in [-0.25, -0.2) is 4.98 Å². The zero-order chi connectivity index (χ0) is 15.5. The Morgan fingerprint density at radius 3 is 2.91 bits per heavy atom. The highest BCUT2D eigenvalue weighted by molar-refractivity contribution is 7.14. The highest BCUT2D eigenvalue weighted by atomic mass is 32.1. The Balaban J connectivity index is 1.46. The van der Waals surface area contributed by atoms with E-state index in [0.29, 0.717) is 6.54 Å². The molecule has 23 heavy (non-hydrogen) atoms. The summed E-state index contributed by atoms with van der Waals surface area (Å²) in [5.41, 5.74) is 2.16. The predicted molar refractivity (Wildman–Crippen MR) is 92.5 cm³/mol. The van der Waals surface area contributed by atoms with Crippen molar-refractivity contribution in [2.45, 2.75) is 38.8 Å². The average Bonchev–Trinajstić information content (AvgIpc) is 3.15. The molecule has 2 aromatic heterocycles. The number of fused-ring (bicyclic) bond motifs is 1. The van der Waals surface area contributed by atoms with Gasteiger partial charge in [0, 0.05) is 23.9 Å². The molecule has 0 unspecified atom stereocenters. The maximum atomic E-state index is 4.66. The standard InChI is InChI=1S/C17H19N5S/c1-3-7-13(8-4-1)14-12-23-17(19-14)18-11-16-21-20-15-9-5-2-6-10-22(15)16/h1,3-4,7-8,12H,2,5-6,9-11H2,(H,18,19). The summed E-state index contributed by atoms with van der Waals surface area (Å²) < 4.78 is 2.27. The van der Waals surface area contributed by atoms with E-state index in [2.05, 4.69) is 42.6 Å². The van der Waals surface area contributed by atoms with E-state index in [1.165, 1.54) is 19.3 Å². The van der Waals surface area contributed by atoms with Crippen molar-refractivity contribution in [3.05, 3.63) is 47.4 Å². The second kappa shape index (κ2) is 6.50. The average molecular weight is 325 g/mol. The number of anilines is 1. The van der Waals surface area contributed by atoms with Gasteiger partial charge in [0.2, 0.25) is 0 Å². The largest absolute Gasteiger partial charge is 0.354 e. The van der Waals surface area contributed by atoms with Gasteiger partial charge in [0.15, 0.2) is 11.0 Å². The van der Waals surface area contributed by atoms with Crippen LogP contribution in [0.15, 0.2) is 35.7 Å². The maximum absolute atomic E-state index is 4.66. The lowest BCUT2D eigenvalue weighted by molar-refractivity contribution is 0.610. The van der Waals surface area contributed by atoms with Crippen molar-refractivity contribution >= 4 is 16.5 Å². The normalized spacial score (nSPS) is 14.3. The molecule has 0 spiro atoms. The maximum Gasteiger partial charge on any atom is 0.183 e. The number of aromatic nitrogens is 4. The first-order chi connectivity index (χ1) is 11.4. The van der Waals surface area contributed by atoms with Crippen LogP contribution < -0.4 is 5.32 Å². The fourth-order valence-electron chi connectivity index (χ4n) is 2.93. The number of nitrogens with zero attached hydrogens (tertiary/aromatic N) is 4. The Morgan fingerprint density at radius 2 is 2.00 bits per heavy atom. The fraction of sp³-hybridized carbons (Fsp3) is 0.353. The molecule has 3 heterocycles. The number of aryl methyl sites for hydroxylation is 1. The molecule has 0 saturated carbocycles. The molecule has 3 aromatic rings. The second-order valence-electron chi connectivity index (χ2n) is 5.75. The summed E-state index contributed by atoms with van der Waals surface area (Å²) in [4.78, 5) is 4.66. The number of hydrogen-bond donors (Lipinski definition) is 1. The Labute approximate surface area is 139 Å². The van der Waals surface area contributed by atoms with Gasteiger partial charge in [0.1, 0.15) is 5.82 Å². The van der Waals surface area contributed by atoms with Gasteiger partial charge in [-0.15, -0.1) is 21.5 Å². The lowest BCUT2D eigenvalue weighted by atomic mass is 10.2. The van der Waals surface area contributed by atoms with E-state index in [1.54, 1.807) is 11.3 Å². The van der Waals surface area contributed by atoms with Crippen LogP contribution in [0.1, 0.15) is 30.9 Å². The van der Waals surface area contributed by atoms with Crippen molar-refractivity contribution in [3.63, 3.8) is 0 Å². The van der Waals surface area contributed by atoms with Crippen molar-refractivity contribution in [2.75, 3.05) is 5.32 Å². The van der Waals surface area contributed by atoms with Gasteiger partial charge in [0.25, 0.3) is 0 Å². The quantitative estimate of drug-likeness (QED) is 0.794. The fourth-order valence-corrected chi connectivity index (χ4v) is 3.65. The third-order valence-electron chi connectivity index (χ3n) is 4.16. The van der Waals surface area contributed by atoms with Gasteiger partial charge < -0.3 is 9.88 Å². The van der Waals surface area contributed by atoms with Gasteiger partial charge in [-0.3, -0.25) is 0 Å². The monoisotopic (exact) mass is 325 g/mol. The third-order valence-corrected chi connectivity index (χ3v) is 4.96. The van der Waals surface area contributed by atoms with Crippen molar-refractivity contribution < 1.29 is 0 Å². The SMILES string of the molecule is c1ccc(-c2csc(NCc3nnc4n3CCCCC4)n2)cc1. The van der Waals surface area contributed by atoms with Crippen LogP contribution in [-0.2, 0) is 19.5 Å². The molecule has 0 saturated heterocycles. The lowest BCUT2D eigenvalue weighted by Gasteiger charge is -2.07. The molecular weight excluding hydrogens is 306 g/mol. The number of nitrogens with one attached hydrogen (secondary N) is 1. The van der Waals surface area contributed by atoms with Gasteiger partial charge in [-0.1, -0.05) is 36.8 Å². The minimum atomic E-state index is 0.675. The molecule has 0 bridgehead atoms. The van der Waals surface area contributed by atoms with Gasteiger partial charge >= 0.3 is 0 Å². The predicted octanol–water partition coefficient (Wildman–Crippen LogP) is 3.74. The Hall–Kier alpha value is -2.21. The van der Waals surface area contributed by atoms with E-state index in [-0.39, 0.29) is 0 Å². The van der Waals surface area contributed by atoms with E-state index in [1.807, 2.05) is 18.2 Å².